The number of benzene rings is 1. The first-order chi connectivity index (χ1) is 12.4. The lowest BCUT2D eigenvalue weighted by Crippen LogP contribution is -2.39. The van der Waals surface area contributed by atoms with E-state index >= 15 is 0 Å². The molecule has 138 valence electrons. The van der Waals surface area contributed by atoms with Crippen LogP contribution in [0.4, 0.5) is 0 Å². The Morgan fingerprint density at radius 1 is 1.38 bits per heavy atom. The van der Waals surface area contributed by atoms with Crippen molar-refractivity contribution >= 4 is 23.4 Å². The molecule has 1 aromatic carbocycles. The number of aryl methyl sites for hydroxylation is 2. The van der Waals surface area contributed by atoms with Crippen LogP contribution in [0.15, 0.2) is 18.2 Å². The number of aromatic nitrogens is 2. The highest BCUT2D eigenvalue weighted by atomic mass is 35.5. The van der Waals surface area contributed by atoms with Gasteiger partial charge in [0.25, 0.3) is 11.8 Å². The molecule has 1 aliphatic rings. The fourth-order valence-electron chi connectivity index (χ4n) is 3.04. The molecule has 1 aromatic heterocycles. The van der Waals surface area contributed by atoms with Gasteiger partial charge in [0, 0.05) is 43.0 Å². The minimum atomic E-state index is -0.185. The van der Waals surface area contributed by atoms with Crippen molar-refractivity contribution in [1.82, 2.24) is 20.0 Å². The molecule has 0 bridgehead atoms. The minimum absolute atomic E-state index is 0.0244. The molecular formula is C18H21ClN4O3. The van der Waals surface area contributed by atoms with Crippen LogP contribution in [0.1, 0.15) is 27.3 Å². The van der Waals surface area contributed by atoms with Crippen molar-refractivity contribution in [2.75, 3.05) is 19.7 Å². The van der Waals surface area contributed by atoms with Crippen LogP contribution in [0.25, 0.3) is 0 Å². The van der Waals surface area contributed by atoms with E-state index < -0.39 is 0 Å². The highest BCUT2D eigenvalue weighted by molar-refractivity contribution is 6.30. The van der Waals surface area contributed by atoms with Crippen LogP contribution < -0.4 is 10.1 Å². The van der Waals surface area contributed by atoms with E-state index in [0.717, 1.165) is 11.3 Å². The third-order valence-corrected chi connectivity index (χ3v) is 4.73. The summed E-state index contributed by atoms with van der Waals surface area (Å²) < 4.78 is 7.21. The maximum atomic E-state index is 12.4. The van der Waals surface area contributed by atoms with Crippen molar-refractivity contribution in [3.63, 3.8) is 0 Å². The van der Waals surface area contributed by atoms with Crippen molar-refractivity contribution in [1.29, 1.82) is 0 Å². The Labute approximate surface area is 156 Å². The smallest absolute Gasteiger partial charge is 0.260 e. The molecule has 1 aliphatic heterocycles. The second-order valence-corrected chi connectivity index (χ2v) is 6.72. The SMILES string of the molecule is Cc1nn(C)c(C)c1C(=O)NCCN1Cc2cc(Cl)ccc2OCC1=O. The molecule has 26 heavy (non-hydrogen) atoms. The summed E-state index contributed by atoms with van der Waals surface area (Å²) in [6, 6.07) is 5.30. The van der Waals surface area contributed by atoms with E-state index in [-0.39, 0.29) is 18.4 Å². The van der Waals surface area contributed by atoms with Crippen LogP contribution >= 0.6 is 11.6 Å². The first-order valence-electron chi connectivity index (χ1n) is 8.34. The van der Waals surface area contributed by atoms with Crippen molar-refractivity contribution in [2.24, 2.45) is 7.05 Å². The fraction of sp³-hybridized carbons (Fsp3) is 0.389. The molecule has 0 fully saturated rings. The number of ether oxygens (including phenoxy) is 1. The summed E-state index contributed by atoms with van der Waals surface area (Å²) in [6.45, 7) is 4.76. The van der Waals surface area contributed by atoms with Crippen LogP contribution in [-0.4, -0.2) is 46.2 Å². The van der Waals surface area contributed by atoms with E-state index in [0.29, 0.717) is 41.7 Å². The Kier molecular flexibility index (Phi) is 5.18. The molecule has 0 radical (unpaired) electrons. The van der Waals surface area contributed by atoms with Gasteiger partial charge >= 0.3 is 0 Å². The number of carbonyl (C=O) groups excluding carboxylic acids is 2. The van der Waals surface area contributed by atoms with Gasteiger partial charge < -0.3 is 15.0 Å². The van der Waals surface area contributed by atoms with E-state index in [1.165, 1.54) is 0 Å². The second kappa shape index (κ2) is 7.37. The predicted molar refractivity (Wildman–Crippen MR) is 97.4 cm³/mol. The summed E-state index contributed by atoms with van der Waals surface area (Å²) in [6.07, 6.45) is 0. The standard InChI is InChI=1S/C18H21ClN4O3/c1-11-17(12(2)22(3)21-11)18(25)20-6-7-23-9-13-8-14(19)4-5-15(13)26-10-16(23)24/h4-5,8H,6-7,9-10H2,1-3H3,(H,20,25). The summed E-state index contributed by atoms with van der Waals surface area (Å²) in [5, 5.41) is 7.71. The van der Waals surface area contributed by atoms with Crippen molar-refractivity contribution in [3.05, 3.63) is 45.7 Å². The van der Waals surface area contributed by atoms with Crippen LogP contribution in [0.5, 0.6) is 5.75 Å². The molecule has 0 saturated heterocycles. The molecular weight excluding hydrogens is 356 g/mol. The summed E-state index contributed by atoms with van der Waals surface area (Å²) in [7, 11) is 1.80. The van der Waals surface area contributed by atoms with E-state index in [9.17, 15) is 9.59 Å². The maximum absolute atomic E-state index is 12.4. The Bertz CT molecular complexity index is 862. The largest absolute Gasteiger partial charge is 0.483 e. The molecule has 8 heteroatoms. The molecule has 1 N–H and O–H groups in total. The van der Waals surface area contributed by atoms with Crippen LogP contribution in [0.3, 0.4) is 0 Å². The minimum Gasteiger partial charge on any atom is -0.483 e. The number of amides is 2. The lowest BCUT2D eigenvalue weighted by Gasteiger charge is -2.20. The predicted octanol–water partition coefficient (Wildman–Crippen LogP) is 1.84. The van der Waals surface area contributed by atoms with Crippen LogP contribution in [0, 0.1) is 13.8 Å². The van der Waals surface area contributed by atoms with E-state index in [2.05, 4.69) is 10.4 Å². The number of nitrogens with zero attached hydrogens (tertiary/aromatic N) is 3. The van der Waals surface area contributed by atoms with Crippen molar-refractivity contribution in [2.45, 2.75) is 20.4 Å². The number of rotatable bonds is 4. The van der Waals surface area contributed by atoms with Crippen LogP contribution in [-0.2, 0) is 18.4 Å². The summed E-state index contributed by atoms with van der Waals surface area (Å²) in [4.78, 5) is 26.3. The van der Waals surface area contributed by atoms with Gasteiger partial charge in [0.15, 0.2) is 6.61 Å². The number of carbonyl (C=O) groups is 2. The van der Waals surface area contributed by atoms with Gasteiger partial charge in [-0.25, -0.2) is 0 Å². The molecule has 3 rings (SSSR count). The van der Waals surface area contributed by atoms with Gasteiger partial charge in [-0.1, -0.05) is 11.6 Å². The van der Waals surface area contributed by atoms with Gasteiger partial charge in [0.05, 0.1) is 11.3 Å². The second-order valence-electron chi connectivity index (χ2n) is 6.28. The third-order valence-electron chi connectivity index (χ3n) is 4.49. The molecule has 0 saturated carbocycles. The van der Waals surface area contributed by atoms with Gasteiger partial charge in [-0.2, -0.15) is 5.10 Å². The van der Waals surface area contributed by atoms with Gasteiger partial charge in [-0.3, -0.25) is 14.3 Å². The average molecular weight is 377 g/mol. The molecule has 0 spiro atoms. The topological polar surface area (TPSA) is 76.5 Å². The van der Waals surface area contributed by atoms with Gasteiger partial charge in [-0.15, -0.1) is 0 Å². The Hall–Kier alpha value is -2.54. The lowest BCUT2D eigenvalue weighted by atomic mass is 10.2. The zero-order chi connectivity index (χ0) is 18.8. The molecule has 0 aliphatic carbocycles. The highest BCUT2D eigenvalue weighted by Gasteiger charge is 2.22. The number of nitrogens with one attached hydrogen (secondary N) is 1. The Morgan fingerprint density at radius 2 is 2.15 bits per heavy atom. The number of fused-ring (bicyclic) bond motifs is 1. The van der Waals surface area contributed by atoms with Crippen molar-refractivity contribution in [3.8, 4) is 5.75 Å². The highest BCUT2D eigenvalue weighted by Crippen LogP contribution is 2.26. The monoisotopic (exact) mass is 376 g/mol. The molecule has 2 amide bonds. The summed E-state index contributed by atoms with van der Waals surface area (Å²) >= 11 is 6.04. The molecule has 7 nitrogen and oxygen atoms in total. The van der Waals surface area contributed by atoms with E-state index in [1.807, 2.05) is 6.92 Å². The van der Waals surface area contributed by atoms with E-state index in [4.69, 9.17) is 16.3 Å². The first kappa shape index (κ1) is 18.3. The summed E-state index contributed by atoms with van der Waals surface area (Å²) in [5.74, 6) is 0.353. The molecule has 0 atom stereocenters. The first-order valence-corrected chi connectivity index (χ1v) is 8.72. The average Bonchev–Trinajstić information content (AvgIpc) is 2.74. The molecule has 2 aromatic rings. The van der Waals surface area contributed by atoms with Gasteiger partial charge in [0.1, 0.15) is 5.75 Å². The zero-order valence-corrected chi connectivity index (χ0v) is 15.8. The molecule has 0 unspecified atom stereocenters. The Balaban J connectivity index is 1.63. The third kappa shape index (κ3) is 3.67. The lowest BCUT2D eigenvalue weighted by molar-refractivity contribution is -0.133. The quantitative estimate of drug-likeness (QED) is 0.883. The van der Waals surface area contributed by atoms with Crippen LogP contribution in [0.2, 0.25) is 5.02 Å². The number of hydrogen-bond donors (Lipinski definition) is 1. The van der Waals surface area contributed by atoms with E-state index in [1.54, 1.807) is 41.8 Å². The fourth-order valence-corrected chi connectivity index (χ4v) is 3.23. The summed E-state index contributed by atoms with van der Waals surface area (Å²) in [5.41, 5.74) is 2.93. The Morgan fingerprint density at radius 3 is 2.85 bits per heavy atom. The van der Waals surface area contributed by atoms with Crippen molar-refractivity contribution < 1.29 is 14.3 Å². The van der Waals surface area contributed by atoms with Gasteiger partial charge in [-0.05, 0) is 32.0 Å². The van der Waals surface area contributed by atoms with Gasteiger partial charge in [0.2, 0.25) is 0 Å². The molecule has 2 heterocycles. The number of halogens is 1. The number of hydrogen-bond acceptors (Lipinski definition) is 4. The zero-order valence-electron chi connectivity index (χ0n) is 15.0. The normalized spacial score (nSPS) is 13.8. The maximum Gasteiger partial charge on any atom is 0.260 e.